The van der Waals surface area contributed by atoms with Gasteiger partial charge in [0.1, 0.15) is 5.76 Å². The molecule has 2 rings (SSSR count). The van der Waals surface area contributed by atoms with Gasteiger partial charge in [-0.15, -0.1) is 0 Å². The first-order valence-corrected chi connectivity index (χ1v) is 6.23. The van der Waals surface area contributed by atoms with Crippen LogP contribution in [0.4, 0.5) is 5.82 Å². The monoisotopic (exact) mass is 226 g/mol. The van der Waals surface area contributed by atoms with Crippen LogP contribution in [0.1, 0.15) is 18.6 Å². The Hall–Kier alpha value is -0.970. The summed E-state index contributed by atoms with van der Waals surface area (Å²) in [6.45, 7) is 1.81. The van der Waals surface area contributed by atoms with Crippen molar-refractivity contribution in [3.63, 3.8) is 0 Å². The van der Waals surface area contributed by atoms with Crippen molar-refractivity contribution < 1.29 is 9.32 Å². The molecule has 0 aliphatic carbocycles. The first kappa shape index (κ1) is 10.5. The highest BCUT2D eigenvalue weighted by Gasteiger charge is 2.21. The van der Waals surface area contributed by atoms with Gasteiger partial charge in [0, 0.05) is 12.0 Å². The van der Waals surface area contributed by atoms with E-state index >= 15 is 0 Å². The third-order valence-corrected chi connectivity index (χ3v) is 3.52. The lowest BCUT2D eigenvalue weighted by Gasteiger charge is -2.19. The number of hydrogen-bond donors (Lipinski definition) is 1. The summed E-state index contributed by atoms with van der Waals surface area (Å²) in [5.74, 6) is 3.61. The van der Waals surface area contributed by atoms with Crippen LogP contribution >= 0.6 is 11.8 Å². The van der Waals surface area contributed by atoms with Crippen molar-refractivity contribution in [2.75, 3.05) is 16.8 Å². The third kappa shape index (κ3) is 2.75. The molecule has 1 aromatic heterocycles. The molecule has 0 spiro atoms. The van der Waals surface area contributed by atoms with Crippen LogP contribution in [0.15, 0.2) is 10.6 Å². The number of anilines is 1. The summed E-state index contributed by atoms with van der Waals surface area (Å²) in [7, 11) is 0. The molecule has 5 heteroatoms. The van der Waals surface area contributed by atoms with Gasteiger partial charge >= 0.3 is 0 Å². The predicted octanol–water partition coefficient (Wildman–Crippen LogP) is 2.06. The molecule has 82 valence electrons. The molecule has 1 aliphatic rings. The summed E-state index contributed by atoms with van der Waals surface area (Å²) in [5, 5.41) is 6.52. The van der Waals surface area contributed by atoms with Crippen LogP contribution in [0.3, 0.4) is 0 Å². The molecular formula is C10H14N2O2S. The normalized spacial score (nSPS) is 17.7. The molecule has 0 atom stereocenters. The molecule has 1 aromatic rings. The molecule has 1 aliphatic heterocycles. The lowest BCUT2D eigenvalue weighted by Crippen LogP contribution is -2.26. The van der Waals surface area contributed by atoms with Gasteiger partial charge in [-0.1, -0.05) is 5.16 Å². The van der Waals surface area contributed by atoms with Crippen molar-refractivity contribution in [3.05, 3.63) is 11.8 Å². The highest BCUT2D eigenvalue weighted by Crippen LogP contribution is 2.23. The van der Waals surface area contributed by atoms with E-state index in [9.17, 15) is 4.79 Å². The number of amides is 1. The zero-order chi connectivity index (χ0) is 10.7. The zero-order valence-electron chi connectivity index (χ0n) is 8.66. The highest BCUT2D eigenvalue weighted by molar-refractivity contribution is 7.99. The van der Waals surface area contributed by atoms with Gasteiger partial charge in [-0.3, -0.25) is 4.79 Å². The number of aromatic nitrogens is 1. The Kier molecular flexibility index (Phi) is 3.30. The van der Waals surface area contributed by atoms with Gasteiger partial charge in [-0.2, -0.15) is 11.8 Å². The fraction of sp³-hybridized carbons (Fsp3) is 0.600. The topological polar surface area (TPSA) is 55.1 Å². The molecule has 1 fully saturated rings. The molecule has 1 amide bonds. The molecule has 0 aromatic carbocycles. The van der Waals surface area contributed by atoms with E-state index in [2.05, 4.69) is 10.5 Å². The van der Waals surface area contributed by atoms with E-state index in [0.717, 1.165) is 24.3 Å². The number of aryl methyl sites for hydroxylation is 1. The summed E-state index contributed by atoms with van der Waals surface area (Å²) in [6, 6.07) is 1.73. The van der Waals surface area contributed by atoms with Crippen molar-refractivity contribution in [3.8, 4) is 0 Å². The van der Waals surface area contributed by atoms with Crippen LogP contribution in [0.2, 0.25) is 0 Å². The largest absolute Gasteiger partial charge is 0.360 e. The van der Waals surface area contributed by atoms with E-state index in [0.29, 0.717) is 11.6 Å². The lowest BCUT2D eigenvalue weighted by atomic mass is 10.0. The SMILES string of the molecule is Cc1cc(NC(=O)C2CCSCC2)no1. The standard InChI is InChI=1S/C10H14N2O2S/c1-7-6-9(12-14-7)11-10(13)8-2-4-15-5-3-8/h6,8H,2-5H2,1H3,(H,11,12,13). The van der Waals surface area contributed by atoms with Crippen LogP contribution in [-0.4, -0.2) is 22.6 Å². The third-order valence-electron chi connectivity index (χ3n) is 2.47. The van der Waals surface area contributed by atoms with Crippen molar-refractivity contribution in [1.29, 1.82) is 0 Å². The molecular weight excluding hydrogens is 212 g/mol. The minimum absolute atomic E-state index is 0.0728. The maximum Gasteiger partial charge on any atom is 0.228 e. The lowest BCUT2D eigenvalue weighted by molar-refractivity contribution is -0.120. The second-order valence-corrected chi connectivity index (χ2v) is 4.92. The Bertz CT molecular complexity index is 345. The summed E-state index contributed by atoms with van der Waals surface area (Å²) in [4.78, 5) is 11.8. The van der Waals surface area contributed by atoms with Crippen LogP contribution in [0.25, 0.3) is 0 Å². The molecule has 0 saturated carbocycles. The first-order valence-electron chi connectivity index (χ1n) is 5.07. The summed E-state index contributed by atoms with van der Waals surface area (Å²) >= 11 is 1.91. The van der Waals surface area contributed by atoms with Gasteiger partial charge in [-0.25, -0.2) is 0 Å². The molecule has 1 N–H and O–H groups in total. The van der Waals surface area contributed by atoms with Gasteiger partial charge in [0.25, 0.3) is 0 Å². The van der Waals surface area contributed by atoms with Crippen LogP contribution in [0, 0.1) is 12.8 Å². The molecule has 2 heterocycles. The van der Waals surface area contributed by atoms with E-state index in [1.165, 1.54) is 0 Å². The fourth-order valence-corrected chi connectivity index (χ4v) is 2.72. The van der Waals surface area contributed by atoms with Gasteiger partial charge in [-0.05, 0) is 31.3 Å². The number of nitrogens with one attached hydrogen (secondary N) is 1. The number of hydrogen-bond acceptors (Lipinski definition) is 4. The molecule has 0 unspecified atom stereocenters. The molecule has 0 bridgehead atoms. The average Bonchev–Trinajstić information content (AvgIpc) is 2.65. The zero-order valence-corrected chi connectivity index (χ0v) is 9.47. The molecule has 1 saturated heterocycles. The maximum atomic E-state index is 11.8. The minimum Gasteiger partial charge on any atom is -0.360 e. The highest BCUT2D eigenvalue weighted by atomic mass is 32.2. The van der Waals surface area contributed by atoms with Gasteiger partial charge in [0.15, 0.2) is 5.82 Å². The van der Waals surface area contributed by atoms with Gasteiger partial charge in [0.05, 0.1) is 0 Å². The van der Waals surface area contributed by atoms with Crippen molar-refractivity contribution in [1.82, 2.24) is 5.16 Å². The maximum absolute atomic E-state index is 11.8. The van der Waals surface area contributed by atoms with E-state index in [1.807, 2.05) is 11.8 Å². The van der Waals surface area contributed by atoms with E-state index in [4.69, 9.17) is 4.52 Å². The Balaban J connectivity index is 1.91. The first-order chi connectivity index (χ1) is 7.25. The Labute approximate surface area is 92.8 Å². The van der Waals surface area contributed by atoms with Crippen molar-refractivity contribution in [2.24, 2.45) is 5.92 Å². The number of carbonyl (C=O) groups excluding carboxylic acids is 1. The summed E-state index contributed by atoms with van der Waals surface area (Å²) in [5.41, 5.74) is 0. The predicted molar refractivity (Wildman–Crippen MR) is 59.9 cm³/mol. The van der Waals surface area contributed by atoms with Crippen LogP contribution < -0.4 is 5.32 Å². The second-order valence-electron chi connectivity index (χ2n) is 3.70. The van der Waals surface area contributed by atoms with Crippen molar-refractivity contribution in [2.45, 2.75) is 19.8 Å². The smallest absolute Gasteiger partial charge is 0.228 e. The summed E-state index contributed by atoms with van der Waals surface area (Å²) in [6.07, 6.45) is 1.93. The van der Waals surface area contributed by atoms with E-state index in [1.54, 1.807) is 13.0 Å². The Morgan fingerprint density at radius 3 is 2.93 bits per heavy atom. The Morgan fingerprint density at radius 1 is 1.60 bits per heavy atom. The number of thioether (sulfide) groups is 1. The molecule has 0 radical (unpaired) electrons. The number of rotatable bonds is 2. The van der Waals surface area contributed by atoms with E-state index < -0.39 is 0 Å². The van der Waals surface area contributed by atoms with Gasteiger partial charge in [0.2, 0.25) is 5.91 Å². The second kappa shape index (κ2) is 4.70. The average molecular weight is 226 g/mol. The molecule has 15 heavy (non-hydrogen) atoms. The quantitative estimate of drug-likeness (QED) is 0.838. The van der Waals surface area contributed by atoms with Gasteiger partial charge < -0.3 is 9.84 Å². The molecule has 4 nitrogen and oxygen atoms in total. The van der Waals surface area contributed by atoms with Crippen molar-refractivity contribution >= 4 is 23.5 Å². The Morgan fingerprint density at radius 2 is 2.33 bits per heavy atom. The number of carbonyl (C=O) groups is 1. The number of nitrogens with zero attached hydrogens (tertiary/aromatic N) is 1. The van der Waals surface area contributed by atoms with Crippen LogP contribution in [0.5, 0.6) is 0 Å². The fourth-order valence-electron chi connectivity index (χ4n) is 1.61. The summed E-state index contributed by atoms with van der Waals surface area (Å²) < 4.78 is 4.88. The van der Waals surface area contributed by atoms with Crippen LogP contribution in [-0.2, 0) is 4.79 Å². The van der Waals surface area contributed by atoms with E-state index in [-0.39, 0.29) is 11.8 Å². The minimum atomic E-state index is 0.0728.